The number of hydrogen-bond donors (Lipinski definition) is 2. The van der Waals surface area contributed by atoms with E-state index in [1.54, 1.807) is 11.3 Å². The van der Waals surface area contributed by atoms with Crippen molar-refractivity contribution in [1.29, 1.82) is 0 Å². The first-order valence-corrected chi connectivity index (χ1v) is 10.4. The van der Waals surface area contributed by atoms with E-state index in [1.165, 1.54) is 4.88 Å². The summed E-state index contributed by atoms with van der Waals surface area (Å²) in [6.07, 6.45) is 0. The Kier molecular flexibility index (Phi) is 6.03. The van der Waals surface area contributed by atoms with E-state index < -0.39 is 0 Å². The second kappa shape index (κ2) is 8.84. The summed E-state index contributed by atoms with van der Waals surface area (Å²) >= 11 is 1.70. The Morgan fingerprint density at radius 1 is 1.11 bits per heavy atom. The summed E-state index contributed by atoms with van der Waals surface area (Å²) in [5, 5.41) is 2.06. The molecule has 2 atom stereocenters. The molecule has 0 aliphatic carbocycles. The molecule has 0 saturated carbocycles. The molecular formula is C20H26N4O2S. The molecule has 2 N–H and O–H groups in total. The van der Waals surface area contributed by atoms with Gasteiger partial charge < -0.3 is 9.64 Å². The highest BCUT2D eigenvalue weighted by Crippen LogP contribution is 2.29. The molecule has 2 aliphatic heterocycles. The van der Waals surface area contributed by atoms with Crippen molar-refractivity contribution < 1.29 is 9.53 Å². The van der Waals surface area contributed by atoms with Gasteiger partial charge in [-0.05, 0) is 23.6 Å². The number of amides is 1. The summed E-state index contributed by atoms with van der Waals surface area (Å²) in [5.74, 6) is 1.13. The van der Waals surface area contributed by atoms with Crippen molar-refractivity contribution in [2.45, 2.75) is 6.04 Å². The summed E-state index contributed by atoms with van der Waals surface area (Å²) in [4.78, 5) is 18.6. The van der Waals surface area contributed by atoms with Crippen LogP contribution in [0, 0.1) is 5.92 Å². The molecule has 1 aromatic heterocycles. The van der Waals surface area contributed by atoms with Gasteiger partial charge in [-0.2, -0.15) is 0 Å². The first-order chi connectivity index (χ1) is 13.3. The van der Waals surface area contributed by atoms with Crippen molar-refractivity contribution in [2.75, 3.05) is 45.9 Å². The number of rotatable bonds is 6. The zero-order chi connectivity index (χ0) is 18.5. The van der Waals surface area contributed by atoms with E-state index in [0.717, 1.165) is 38.5 Å². The molecule has 2 saturated heterocycles. The van der Waals surface area contributed by atoms with Crippen LogP contribution in [0.5, 0.6) is 5.75 Å². The van der Waals surface area contributed by atoms with Gasteiger partial charge in [0.05, 0.1) is 12.0 Å². The number of hydrazine groups is 1. The van der Waals surface area contributed by atoms with Crippen LogP contribution in [-0.4, -0.2) is 61.6 Å². The monoisotopic (exact) mass is 386 g/mol. The molecule has 2 aromatic rings. The molecule has 7 heteroatoms. The van der Waals surface area contributed by atoms with Gasteiger partial charge in [-0.3, -0.25) is 15.1 Å². The molecular weight excluding hydrogens is 360 g/mol. The van der Waals surface area contributed by atoms with Gasteiger partial charge in [-0.25, -0.2) is 5.43 Å². The number of thiophene rings is 1. The standard InChI is InChI=1S/C20H26N4O2S/c25-20(17-15-21-22-19(17)18-7-4-14-27-18)24-10-8-23(9-11-24)12-13-26-16-5-2-1-3-6-16/h1-7,14,17,19,21-22H,8-13,15H2. The van der Waals surface area contributed by atoms with Crippen molar-refractivity contribution in [2.24, 2.45) is 5.92 Å². The molecule has 2 aliphatic rings. The second-order valence-corrected chi connectivity index (χ2v) is 7.93. The highest BCUT2D eigenvalue weighted by atomic mass is 32.1. The Labute approximate surface area is 164 Å². The molecule has 0 radical (unpaired) electrons. The predicted molar refractivity (Wildman–Crippen MR) is 107 cm³/mol. The Bertz CT molecular complexity index is 717. The van der Waals surface area contributed by atoms with Crippen molar-refractivity contribution in [1.82, 2.24) is 20.7 Å². The van der Waals surface area contributed by atoms with Gasteiger partial charge in [0, 0.05) is 44.1 Å². The first kappa shape index (κ1) is 18.4. The van der Waals surface area contributed by atoms with Crippen LogP contribution in [-0.2, 0) is 4.79 Å². The smallest absolute Gasteiger partial charge is 0.229 e. The van der Waals surface area contributed by atoms with Crippen molar-refractivity contribution >= 4 is 17.2 Å². The van der Waals surface area contributed by atoms with Gasteiger partial charge in [0.1, 0.15) is 12.4 Å². The third kappa shape index (κ3) is 4.50. The molecule has 4 rings (SSSR count). The van der Waals surface area contributed by atoms with Crippen LogP contribution in [0.15, 0.2) is 47.8 Å². The summed E-state index contributed by atoms with van der Waals surface area (Å²) < 4.78 is 5.78. The van der Waals surface area contributed by atoms with E-state index in [-0.39, 0.29) is 17.9 Å². The quantitative estimate of drug-likeness (QED) is 0.792. The topological polar surface area (TPSA) is 56.8 Å². The molecule has 1 amide bonds. The van der Waals surface area contributed by atoms with Crippen LogP contribution < -0.4 is 15.6 Å². The minimum atomic E-state index is -0.0309. The third-order valence-corrected chi connectivity index (χ3v) is 6.21. The average molecular weight is 387 g/mol. The lowest BCUT2D eigenvalue weighted by molar-refractivity contribution is -0.137. The maximum Gasteiger partial charge on any atom is 0.229 e. The Hall–Kier alpha value is -1.93. The fourth-order valence-electron chi connectivity index (χ4n) is 3.70. The zero-order valence-electron chi connectivity index (χ0n) is 15.3. The van der Waals surface area contributed by atoms with Crippen LogP contribution >= 0.6 is 11.3 Å². The molecule has 1 aromatic carbocycles. The number of hydrogen-bond acceptors (Lipinski definition) is 6. The van der Waals surface area contributed by atoms with E-state index >= 15 is 0 Å². The molecule has 2 fully saturated rings. The van der Waals surface area contributed by atoms with Gasteiger partial charge in [-0.1, -0.05) is 24.3 Å². The van der Waals surface area contributed by atoms with Gasteiger partial charge in [0.25, 0.3) is 0 Å². The van der Waals surface area contributed by atoms with Crippen molar-refractivity contribution in [3.8, 4) is 5.75 Å². The van der Waals surface area contributed by atoms with E-state index in [1.807, 2.05) is 41.3 Å². The van der Waals surface area contributed by atoms with Crippen LogP contribution in [0.1, 0.15) is 10.9 Å². The number of ether oxygens (including phenoxy) is 1. The summed E-state index contributed by atoms with van der Waals surface area (Å²) in [5.41, 5.74) is 6.43. The average Bonchev–Trinajstić information content (AvgIpc) is 3.40. The van der Waals surface area contributed by atoms with Gasteiger partial charge in [-0.15, -0.1) is 11.3 Å². The molecule has 0 spiro atoms. The first-order valence-electron chi connectivity index (χ1n) is 9.52. The van der Waals surface area contributed by atoms with E-state index in [2.05, 4.69) is 27.2 Å². The fraction of sp³-hybridized carbons (Fsp3) is 0.450. The Balaban J connectivity index is 1.23. The number of nitrogens with zero attached hydrogens (tertiary/aromatic N) is 2. The van der Waals surface area contributed by atoms with E-state index in [0.29, 0.717) is 13.2 Å². The van der Waals surface area contributed by atoms with Crippen LogP contribution in [0.25, 0.3) is 0 Å². The number of nitrogens with one attached hydrogen (secondary N) is 2. The second-order valence-electron chi connectivity index (χ2n) is 6.95. The van der Waals surface area contributed by atoms with Crippen LogP contribution in [0.4, 0.5) is 0 Å². The normalized spacial score (nSPS) is 23.5. The third-order valence-electron chi connectivity index (χ3n) is 5.25. The number of carbonyl (C=O) groups is 1. The fourth-order valence-corrected chi connectivity index (χ4v) is 4.54. The number of para-hydroxylation sites is 1. The molecule has 3 heterocycles. The lowest BCUT2D eigenvalue weighted by Gasteiger charge is -2.36. The molecule has 144 valence electrons. The largest absolute Gasteiger partial charge is 0.492 e. The highest BCUT2D eigenvalue weighted by molar-refractivity contribution is 7.10. The zero-order valence-corrected chi connectivity index (χ0v) is 16.2. The Morgan fingerprint density at radius 3 is 2.67 bits per heavy atom. The summed E-state index contributed by atoms with van der Waals surface area (Å²) in [6.45, 7) is 5.64. The summed E-state index contributed by atoms with van der Waals surface area (Å²) in [6, 6.07) is 14.1. The van der Waals surface area contributed by atoms with Gasteiger partial charge in [0.2, 0.25) is 5.91 Å². The highest BCUT2D eigenvalue weighted by Gasteiger charge is 2.37. The number of piperazine rings is 1. The minimum Gasteiger partial charge on any atom is -0.492 e. The number of benzene rings is 1. The van der Waals surface area contributed by atoms with Gasteiger partial charge >= 0.3 is 0 Å². The van der Waals surface area contributed by atoms with Crippen molar-refractivity contribution in [3.05, 3.63) is 52.7 Å². The predicted octanol–water partition coefficient (Wildman–Crippen LogP) is 1.74. The maximum atomic E-state index is 13.0. The van der Waals surface area contributed by atoms with Crippen molar-refractivity contribution in [3.63, 3.8) is 0 Å². The molecule has 2 unspecified atom stereocenters. The lowest BCUT2D eigenvalue weighted by Crippen LogP contribution is -2.51. The Morgan fingerprint density at radius 2 is 1.93 bits per heavy atom. The maximum absolute atomic E-state index is 13.0. The van der Waals surface area contributed by atoms with Crippen LogP contribution in [0.3, 0.4) is 0 Å². The minimum absolute atomic E-state index is 0.0309. The molecule has 6 nitrogen and oxygen atoms in total. The van der Waals surface area contributed by atoms with Crippen LogP contribution in [0.2, 0.25) is 0 Å². The lowest BCUT2D eigenvalue weighted by atomic mass is 9.98. The van der Waals surface area contributed by atoms with E-state index in [4.69, 9.17) is 4.74 Å². The van der Waals surface area contributed by atoms with E-state index in [9.17, 15) is 4.79 Å². The number of carbonyl (C=O) groups excluding carboxylic acids is 1. The molecule has 27 heavy (non-hydrogen) atoms. The summed E-state index contributed by atoms with van der Waals surface area (Å²) in [7, 11) is 0. The SMILES string of the molecule is O=C(C1CNNC1c1cccs1)N1CCN(CCOc2ccccc2)CC1. The molecule has 0 bridgehead atoms. The van der Waals surface area contributed by atoms with Gasteiger partial charge in [0.15, 0.2) is 0 Å².